The highest BCUT2D eigenvalue weighted by Gasteiger charge is 2.15. The number of aliphatic hydroxyl groups excluding tert-OH is 1. The first kappa shape index (κ1) is 22.3. The molecule has 0 fully saturated rings. The van der Waals surface area contributed by atoms with E-state index in [0.717, 1.165) is 18.7 Å². The number of hydrogen-bond acceptors (Lipinski definition) is 3. The normalized spacial score (nSPS) is 12.6. The maximum atomic E-state index is 14.0. The summed E-state index contributed by atoms with van der Waals surface area (Å²) in [6, 6.07) is 10.9. The van der Waals surface area contributed by atoms with Crippen LogP contribution in [0.15, 0.2) is 55.3 Å². The zero-order valence-electron chi connectivity index (χ0n) is 17.1. The summed E-state index contributed by atoms with van der Waals surface area (Å²) >= 11 is 0. The molecule has 1 aromatic carbocycles. The average Bonchev–Trinajstić information content (AvgIpc) is 3.08. The van der Waals surface area contributed by atoms with Gasteiger partial charge in [-0.25, -0.2) is 4.39 Å². The zero-order chi connectivity index (χ0) is 20.4. The molecule has 0 aliphatic carbocycles. The lowest BCUT2D eigenvalue weighted by Gasteiger charge is -2.26. The molecule has 2 aromatic rings. The Morgan fingerprint density at radius 2 is 2.04 bits per heavy atom. The van der Waals surface area contributed by atoms with Gasteiger partial charge in [0.2, 0.25) is 0 Å². The molecule has 1 heterocycles. The zero-order valence-corrected chi connectivity index (χ0v) is 17.1. The number of rotatable bonds is 13. The Morgan fingerprint density at radius 1 is 1.25 bits per heavy atom. The van der Waals surface area contributed by atoms with Crippen molar-refractivity contribution < 1.29 is 14.2 Å². The predicted octanol–water partition coefficient (Wildman–Crippen LogP) is 4.09. The van der Waals surface area contributed by atoms with Crippen molar-refractivity contribution in [3.8, 4) is 0 Å². The van der Waals surface area contributed by atoms with Gasteiger partial charge in [0.15, 0.2) is 0 Å². The van der Waals surface area contributed by atoms with Crippen LogP contribution in [0.4, 0.5) is 4.39 Å². The van der Waals surface area contributed by atoms with Crippen molar-refractivity contribution in [1.82, 2.24) is 9.47 Å². The van der Waals surface area contributed by atoms with Gasteiger partial charge in [-0.1, -0.05) is 38.1 Å². The Bertz CT molecular complexity index is 714. The summed E-state index contributed by atoms with van der Waals surface area (Å²) in [5, 5.41) is 10.3. The number of nitrogens with zero attached hydrogens (tertiary/aromatic N) is 2. The van der Waals surface area contributed by atoms with Gasteiger partial charge in [-0.3, -0.25) is 4.90 Å². The average molecular weight is 389 g/mol. The third kappa shape index (κ3) is 7.58. The van der Waals surface area contributed by atoms with Crippen LogP contribution in [0.25, 0.3) is 0 Å². The second-order valence-electron chi connectivity index (χ2n) is 7.62. The van der Waals surface area contributed by atoms with Gasteiger partial charge in [-0.2, -0.15) is 0 Å². The maximum absolute atomic E-state index is 14.0. The largest absolute Gasteiger partial charge is 0.389 e. The highest BCUT2D eigenvalue weighted by atomic mass is 19.1. The van der Waals surface area contributed by atoms with E-state index in [2.05, 4.69) is 36.0 Å². The van der Waals surface area contributed by atoms with Crippen LogP contribution < -0.4 is 0 Å². The standard InChI is InChI=1S/C23H33FN2O2/c1-4-14-28-18-22(27)17-25(13-11-19(2)3)16-21-9-7-12-26(21)15-20-8-5-6-10-23(20)24/h4-10,12,19,22,27H,1,11,13-18H2,2-3H3. The molecule has 0 aliphatic rings. The minimum absolute atomic E-state index is 0.186. The number of benzene rings is 1. The molecular formula is C23H33FN2O2. The van der Waals surface area contributed by atoms with Crippen molar-refractivity contribution in [3.63, 3.8) is 0 Å². The van der Waals surface area contributed by atoms with Gasteiger partial charge in [0, 0.05) is 30.5 Å². The van der Waals surface area contributed by atoms with Crippen LogP contribution in [0, 0.1) is 11.7 Å². The molecule has 1 unspecified atom stereocenters. The van der Waals surface area contributed by atoms with Crippen LogP contribution in [0.1, 0.15) is 31.5 Å². The summed E-state index contributed by atoms with van der Waals surface area (Å²) in [4.78, 5) is 2.25. The molecule has 0 spiro atoms. The Hall–Kier alpha value is -1.95. The molecule has 0 amide bonds. The van der Waals surface area contributed by atoms with Gasteiger partial charge in [-0.15, -0.1) is 6.58 Å². The van der Waals surface area contributed by atoms with Crippen molar-refractivity contribution in [2.24, 2.45) is 5.92 Å². The Balaban J connectivity index is 2.03. The first-order valence-corrected chi connectivity index (χ1v) is 9.96. The van der Waals surface area contributed by atoms with Gasteiger partial charge >= 0.3 is 0 Å². The summed E-state index contributed by atoms with van der Waals surface area (Å²) in [7, 11) is 0. The van der Waals surface area contributed by atoms with E-state index in [1.54, 1.807) is 12.1 Å². The molecule has 5 heteroatoms. The summed E-state index contributed by atoms with van der Waals surface area (Å²) in [6.07, 6.45) is 4.15. The molecule has 4 nitrogen and oxygen atoms in total. The van der Waals surface area contributed by atoms with E-state index in [9.17, 15) is 9.50 Å². The fraction of sp³-hybridized carbons (Fsp3) is 0.478. The second-order valence-corrected chi connectivity index (χ2v) is 7.62. The summed E-state index contributed by atoms with van der Waals surface area (Å²) in [5.41, 5.74) is 1.78. The topological polar surface area (TPSA) is 37.6 Å². The van der Waals surface area contributed by atoms with Crippen LogP contribution in [-0.4, -0.2) is 47.0 Å². The number of aromatic nitrogens is 1. The van der Waals surface area contributed by atoms with Crippen LogP contribution in [0.5, 0.6) is 0 Å². The first-order chi connectivity index (χ1) is 13.5. The minimum Gasteiger partial charge on any atom is -0.389 e. The molecule has 1 N–H and O–H groups in total. The SMILES string of the molecule is C=CCOCC(O)CN(CCC(C)C)Cc1cccn1Cc1ccccc1F. The molecule has 2 rings (SSSR count). The predicted molar refractivity (Wildman–Crippen MR) is 112 cm³/mol. The molecule has 1 atom stereocenters. The van der Waals surface area contributed by atoms with Gasteiger partial charge in [0.25, 0.3) is 0 Å². The van der Waals surface area contributed by atoms with Crippen molar-refractivity contribution in [3.05, 3.63) is 72.3 Å². The highest BCUT2D eigenvalue weighted by Crippen LogP contribution is 2.14. The van der Waals surface area contributed by atoms with Gasteiger partial charge < -0.3 is 14.4 Å². The monoisotopic (exact) mass is 388 g/mol. The number of aliphatic hydroxyl groups is 1. The number of ether oxygens (including phenoxy) is 1. The fourth-order valence-electron chi connectivity index (χ4n) is 3.10. The van der Waals surface area contributed by atoms with E-state index in [0.29, 0.717) is 44.3 Å². The number of hydrogen-bond donors (Lipinski definition) is 1. The Labute approximate surface area is 168 Å². The molecule has 0 saturated heterocycles. The third-order valence-corrected chi connectivity index (χ3v) is 4.65. The lowest BCUT2D eigenvalue weighted by atomic mass is 10.1. The van der Waals surface area contributed by atoms with Crippen molar-refractivity contribution in [2.45, 2.75) is 39.5 Å². The second kappa shape index (κ2) is 11.8. The molecule has 154 valence electrons. The molecular weight excluding hydrogens is 355 g/mol. The van der Waals surface area contributed by atoms with Crippen LogP contribution in [-0.2, 0) is 17.8 Å². The summed E-state index contributed by atoms with van der Waals surface area (Å²) in [5.74, 6) is 0.399. The van der Waals surface area contributed by atoms with E-state index in [1.807, 2.05) is 24.4 Å². The van der Waals surface area contributed by atoms with E-state index < -0.39 is 6.10 Å². The summed E-state index contributed by atoms with van der Waals surface area (Å²) < 4.78 is 21.5. The molecule has 1 aromatic heterocycles. The Morgan fingerprint density at radius 3 is 2.75 bits per heavy atom. The summed E-state index contributed by atoms with van der Waals surface area (Å²) in [6.45, 7) is 11.4. The fourth-order valence-corrected chi connectivity index (χ4v) is 3.10. The van der Waals surface area contributed by atoms with E-state index in [1.165, 1.54) is 6.07 Å². The quantitative estimate of drug-likeness (QED) is 0.415. The smallest absolute Gasteiger partial charge is 0.128 e. The molecule has 0 saturated carbocycles. The van der Waals surface area contributed by atoms with Crippen molar-refractivity contribution in [1.29, 1.82) is 0 Å². The van der Waals surface area contributed by atoms with Crippen molar-refractivity contribution >= 4 is 0 Å². The van der Waals surface area contributed by atoms with Crippen LogP contribution >= 0.6 is 0 Å². The van der Waals surface area contributed by atoms with E-state index in [-0.39, 0.29) is 5.82 Å². The molecule has 0 bridgehead atoms. The van der Waals surface area contributed by atoms with E-state index in [4.69, 9.17) is 4.74 Å². The van der Waals surface area contributed by atoms with Crippen molar-refractivity contribution in [2.75, 3.05) is 26.3 Å². The highest BCUT2D eigenvalue weighted by molar-refractivity contribution is 5.19. The van der Waals surface area contributed by atoms with Crippen LogP contribution in [0.2, 0.25) is 0 Å². The van der Waals surface area contributed by atoms with Gasteiger partial charge in [0.05, 0.1) is 25.9 Å². The minimum atomic E-state index is -0.554. The Kier molecular flexibility index (Phi) is 9.41. The lowest BCUT2D eigenvalue weighted by Crippen LogP contribution is -2.36. The molecule has 28 heavy (non-hydrogen) atoms. The molecule has 0 aliphatic heterocycles. The number of halogens is 1. The third-order valence-electron chi connectivity index (χ3n) is 4.65. The lowest BCUT2D eigenvalue weighted by molar-refractivity contribution is 0.0233. The first-order valence-electron chi connectivity index (χ1n) is 9.96. The van der Waals surface area contributed by atoms with E-state index >= 15 is 0 Å². The molecule has 0 radical (unpaired) electrons. The van der Waals surface area contributed by atoms with Crippen LogP contribution in [0.3, 0.4) is 0 Å². The van der Waals surface area contributed by atoms with Gasteiger partial charge in [-0.05, 0) is 37.1 Å². The maximum Gasteiger partial charge on any atom is 0.128 e. The van der Waals surface area contributed by atoms with Gasteiger partial charge in [0.1, 0.15) is 5.82 Å².